The monoisotopic (exact) mass is 299 g/mol. The van der Waals surface area contributed by atoms with Gasteiger partial charge >= 0.3 is 12.0 Å². The van der Waals surface area contributed by atoms with Crippen molar-refractivity contribution in [1.82, 2.24) is 15.5 Å². The molecule has 1 atom stereocenters. The Morgan fingerprint density at radius 3 is 2.19 bits per heavy atom. The number of carbonyl (C=O) groups is 3. The molecule has 7 nitrogen and oxygen atoms in total. The van der Waals surface area contributed by atoms with Crippen molar-refractivity contribution in [3.05, 3.63) is 0 Å². The van der Waals surface area contributed by atoms with Crippen molar-refractivity contribution in [3.8, 4) is 0 Å². The number of carbonyl (C=O) groups excluding carboxylic acids is 2. The Morgan fingerprint density at radius 2 is 1.76 bits per heavy atom. The smallest absolute Gasteiger partial charge is 0.329 e. The third kappa shape index (κ3) is 4.34. The van der Waals surface area contributed by atoms with Crippen LogP contribution in [-0.2, 0) is 9.59 Å². The van der Waals surface area contributed by atoms with Crippen LogP contribution < -0.4 is 10.6 Å². The van der Waals surface area contributed by atoms with Crippen molar-refractivity contribution in [3.63, 3.8) is 0 Å². The largest absolute Gasteiger partial charge is 0.480 e. The van der Waals surface area contributed by atoms with E-state index in [1.807, 2.05) is 0 Å². The van der Waals surface area contributed by atoms with Crippen molar-refractivity contribution in [2.45, 2.75) is 51.1 Å². The highest BCUT2D eigenvalue weighted by Gasteiger charge is 2.42. The van der Waals surface area contributed by atoms with Crippen LogP contribution in [0.1, 0.15) is 39.5 Å². The van der Waals surface area contributed by atoms with E-state index in [1.165, 1.54) is 4.90 Å². The number of carboxylic acids is 1. The van der Waals surface area contributed by atoms with E-state index in [0.29, 0.717) is 18.8 Å². The number of amides is 3. The van der Waals surface area contributed by atoms with Gasteiger partial charge in [0.2, 0.25) is 5.91 Å². The van der Waals surface area contributed by atoms with Gasteiger partial charge in [0, 0.05) is 14.1 Å². The second-order valence-electron chi connectivity index (χ2n) is 6.12. The van der Waals surface area contributed by atoms with Crippen LogP contribution in [-0.4, -0.2) is 53.6 Å². The molecule has 0 bridgehead atoms. The van der Waals surface area contributed by atoms with Crippen LogP contribution in [0.5, 0.6) is 0 Å². The first-order valence-corrected chi connectivity index (χ1v) is 7.21. The molecule has 0 radical (unpaired) electrons. The SMILES string of the molecule is CC1CCC(NC(=O)NC(C)C(=O)N(C)C)(C(=O)O)CC1. The Bertz CT molecular complexity index is 414. The van der Waals surface area contributed by atoms with Crippen molar-refractivity contribution in [2.24, 2.45) is 5.92 Å². The quantitative estimate of drug-likeness (QED) is 0.715. The summed E-state index contributed by atoms with van der Waals surface area (Å²) in [6.45, 7) is 3.64. The predicted molar refractivity (Wildman–Crippen MR) is 77.8 cm³/mol. The summed E-state index contributed by atoms with van der Waals surface area (Å²) in [7, 11) is 3.19. The number of rotatable bonds is 4. The minimum atomic E-state index is -1.22. The van der Waals surface area contributed by atoms with Crippen molar-refractivity contribution in [2.75, 3.05) is 14.1 Å². The van der Waals surface area contributed by atoms with Crippen LogP contribution in [0.2, 0.25) is 0 Å². The van der Waals surface area contributed by atoms with E-state index in [0.717, 1.165) is 12.8 Å². The predicted octanol–water partition coefficient (Wildman–Crippen LogP) is 0.796. The molecule has 0 heterocycles. The third-order valence-corrected chi connectivity index (χ3v) is 4.05. The number of nitrogens with zero attached hydrogens (tertiary/aromatic N) is 1. The molecule has 1 aliphatic rings. The number of hydrogen-bond acceptors (Lipinski definition) is 3. The molecule has 1 fully saturated rings. The van der Waals surface area contributed by atoms with E-state index in [4.69, 9.17) is 0 Å². The van der Waals surface area contributed by atoms with Gasteiger partial charge in [0.15, 0.2) is 0 Å². The Balaban J connectivity index is 2.66. The minimum Gasteiger partial charge on any atom is -0.480 e. The number of aliphatic carboxylic acids is 1. The maximum absolute atomic E-state index is 12.0. The fraction of sp³-hybridized carbons (Fsp3) is 0.786. The number of hydrogen-bond donors (Lipinski definition) is 3. The van der Waals surface area contributed by atoms with E-state index in [2.05, 4.69) is 17.6 Å². The van der Waals surface area contributed by atoms with Gasteiger partial charge in [0.05, 0.1) is 0 Å². The maximum atomic E-state index is 12.0. The molecule has 1 rings (SSSR count). The molecule has 0 aromatic heterocycles. The van der Waals surface area contributed by atoms with Crippen LogP contribution in [0, 0.1) is 5.92 Å². The molecule has 1 aliphatic carbocycles. The lowest BCUT2D eigenvalue weighted by Crippen LogP contribution is -2.60. The molecular formula is C14H25N3O4. The Morgan fingerprint density at radius 1 is 1.24 bits per heavy atom. The molecule has 1 saturated carbocycles. The van der Waals surface area contributed by atoms with E-state index in [-0.39, 0.29) is 5.91 Å². The van der Waals surface area contributed by atoms with E-state index in [9.17, 15) is 19.5 Å². The number of urea groups is 1. The van der Waals surface area contributed by atoms with E-state index >= 15 is 0 Å². The lowest BCUT2D eigenvalue weighted by atomic mass is 9.77. The Kier molecular flexibility index (Phi) is 5.57. The van der Waals surface area contributed by atoms with Crippen molar-refractivity contribution in [1.29, 1.82) is 0 Å². The molecule has 1 unspecified atom stereocenters. The minimum absolute atomic E-state index is 0.244. The molecule has 3 amide bonds. The molecule has 0 saturated heterocycles. The Hall–Kier alpha value is -1.79. The van der Waals surface area contributed by atoms with E-state index < -0.39 is 23.6 Å². The zero-order valence-corrected chi connectivity index (χ0v) is 13.1. The summed E-state index contributed by atoms with van der Waals surface area (Å²) in [5, 5.41) is 14.5. The molecule has 0 aromatic rings. The van der Waals surface area contributed by atoms with Crippen molar-refractivity contribution < 1.29 is 19.5 Å². The zero-order chi connectivity index (χ0) is 16.2. The summed E-state index contributed by atoms with van der Waals surface area (Å²) < 4.78 is 0. The fourth-order valence-electron chi connectivity index (χ4n) is 2.55. The van der Waals surface area contributed by atoms with Crippen LogP contribution in [0.4, 0.5) is 4.79 Å². The molecule has 120 valence electrons. The summed E-state index contributed by atoms with van der Waals surface area (Å²) >= 11 is 0. The number of carboxylic acid groups (broad SMARTS) is 1. The highest BCUT2D eigenvalue weighted by atomic mass is 16.4. The van der Waals surface area contributed by atoms with Crippen LogP contribution >= 0.6 is 0 Å². The summed E-state index contributed by atoms with van der Waals surface area (Å²) in [4.78, 5) is 36.6. The van der Waals surface area contributed by atoms with Crippen LogP contribution in [0.3, 0.4) is 0 Å². The zero-order valence-electron chi connectivity index (χ0n) is 13.1. The first kappa shape index (κ1) is 17.3. The first-order chi connectivity index (χ1) is 9.68. The first-order valence-electron chi connectivity index (χ1n) is 7.21. The third-order valence-electron chi connectivity index (χ3n) is 4.05. The molecule has 0 spiro atoms. The standard InChI is InChI=1S/C14H25N3O4/c1-9-5-7-14(8-6-9,12(19)20)16-13(21)15-10(2)11(18)17(3)4/h9-10H,5-8H2,1-4H3,(H,19,20)(H2,15,16,21). The molecular weight excluding hydrogens is 274 g/mol. The molecule has 3 N–H and O–H groups in total. The lowest BCUT2D eigenvalue weighted by Gasteiger charge is -2.36. The average Bonchev–Trinajstić information content (AvgIpc) is 2.40. The highest BCUT2D eigenvalue weighted by Crippen LogP contribution is 2.32. The lowest BCUT2D eigenvalue weighted by molar-refractivity contribution is -0.146. The van der Waals surface area contributed by atoms with Gasteiger partial charge in [0.1, 0.15) is 11.6 Å². The van der Waals surface area contributed by atoms with Crippen LogP contribution in [0.15, 0.2) is 0 Å². The van der Waals surface area contributed by atoms with Gasteiger partial charge in [-0.05, 0) is 38.5 Å². The van der Waals surface area contributed by atoms with Gasteiger partial charge in [-0.3, -0.25) is 4.79 Å². The summed E-state index contributed by atoms with van der Waals surface area (Å²) in [6.07, 6.45) is 2.34. The second-order valence-corrected chi connectivity index (χ2v) is 6.12. The summed E-state index contributed by atoms with van der Waals surface area (Å²) in [6, 6.07) is -1.32. The van der Waals surface area contributed by atoms with Gasteiger partial charge < -0.3 is 20.6 Å². The average molecular weight is 299 g/mol. The topological polar surface area (TPSA) is 98.7 Å². The molecule has 7 heteroatoms. The highest BCUT2D eigenvalue weighted by molar-refractivity contribution is 5.90. The van der Waals surface area contributed by atoms with E-state index in [1.54, 1.807) is 21.0 Å². The molecule has 21 heavy (non-hydrogen) atoms. The maximum Gasteiger partial charge on any atom is 0.329 e. The van der Waals surface area contributed by atoms with Crippen molar-refractivity contribution >= 4 is 17.9 Å². The van der Waals surface area contributed by atoms with Gasteiger partial charge in [-0.25, -0.2) is 9.59 Å². The Labute approximate surface area is 125 Å². The fourth-order valence-corrected chi connectivity index (χ4v) is 2.55. The summed E-state index contributed by atoms with van der Waals surface area (Å²) in [5.74, 6) is -0.792. The van der Waals surface area contributed by atoms with Gasteiger partial charge in [-0.1, -0.05) is 6.92 Å². The van der Waals surface area contributed by atoms with Gasteiger partial charge in [-0.2, -0.15) is 0 Å². The van der Waals surface area contributed by atoms with Gasteiger partial charge in [-0.15, -0.1) is 0 Å². The number of likely N-dealkylation sites (N-methyl/N-ethyl adjacent to an activating group) is 1. The molecule has 0 aliphatic heterocycles. The normalized spacial score (nSPS) is 26.6. The van der Waals surface area contributed by atoms with Gasteiger partial charge in [0.25, 0.3) is 0 Å². The summed E-state index contributed by atoms with van der Waals surface area (Å²) in [5.41, 5.74) is -1.22. The number of nitrogens with one attached hydrogen (secondary N) is 2. The van der Waals surface area contributed by atoms with Crippen LogP contribution in [0.25, 0.3) is 0 Å². The second kappa shape index (κ2) is 6.78. The molecule has 0 aromatic carbocycles.